The number of ether oxygens (including phenoxy) is 1. The fourth-order valence-corrected chi connectivity index (χ4v) is 8.14. The lowest BCUT2D eigenvalue weighted by atomic mass is 9.96. The molecule has 3 atom stereocenters. The maximum absolute atomic E-state index is 12.9. The molecule has 0 amide bonds. The minimum Gasteiger partial charge on any atom is -0.481 e. The molecule has 0 bridgehead atoms. The van der Waals surface area contributed by atoms with Crippen LogP contribution in [0.3, 0.4) is 0 Å². The van der Waals surface area contributed by atoms with E-state index < -0.39 is 5.97 Å². The summed E-state index contributed by atoms with van der Waals surface area (Å²) in [5, 5.41) is 18.8. The quantitative estimate of drug-likeness (QED) is 0.218. The Labute approximate surface area is 276 Å². The number of carbonyl (C=O) groups is 1. The number of hydrogen-bond donors (Lipinski definition) is 2. The molecule has 3 aliphatic rings. The highest BCUT2D eigenvalue weighted by molar-refractivity contribution is 6.36. The number of aliphatic carboxylic acids is 1. The van der Waals surface area contributed by atoms with Gasteiger partial charge in [0.2, 0.25) is 5.88 Å². The van der Waals surface area contributed by atoms with Crippen LogP contribution in [0.5, 0.6) is 5.88 Å². The van der Waals surface area contributed by atoms with Gasteiger partial charge in [0.15, 0.2) is 0 Å². The summed E-state index contributed by atoms with van der Waals surface area (Å²) in [6.45, 7) is 3.63. The van der Waals surface area contributed by atoms with E-state index in [4.69, 9.17) is 21.3 Å². The first-order chi connectivity index (χ1) is 22.7. The zero-order valence-corrected chi connectivity index (χ0v) is 27.0. The van der Waals surface area contributed by atoms with Crippen LogP contribution in [0.4, 0.5) is 11.5 Å². The third-order valence-corrected chi connectivity index (χ3v) is 10.7. The van der Waals surface area contributed by atoms with Gasteiger partial charge < -0.3 is 15.2 Å². The molecule has 10 nitrogen and oxygen atoms in total. The summed E-state index contributed by atoms with van der Waals surface area (Å²) in [6.07, 6.45) is 5.17. The summed E-state index contributed by atoms with van der Waals surface area (Å²) in [5.41, 5.74) is 7.20. The number of benzene rings is 2. The fraction of sp³-hybridized carbons (Fsp3) is 0.306. The molecule has 1 saturated carbocycles. The zero-order chi connectivity index (χ0) is 32.6. The van der Waals surface area contributed by atoms with E-state index in [1.54, 1.807) is 32.6 Å². The molecule has 4 heterocycles. The van der Waals surface area contributed by atoms with Crippen molar-refractivity contribution in [3.8, 4) is 28.3 Å². The number of fused-ring (bicyclic) bond motifs is 3. The van der Waals surface area contributed by atoms with Gasteiger partial charge >= 0.3 is 5.97 Å². The molecule has 1 saturated heterocycles. The minimum absolute atomic E-state index is 0.177. The van der Waals surface area contributed by atoms with Crippen molar-refractivity contribution in [3.63, 3.8) is 0 Å². The Balaban J connectivity index is 1.12. The normalized spacial score (nSPS) is 21.4. The maximum Gasteiger partial charge on any atom is 0.307 e. The van der Waals surface area contributed by atoms with Crippen molar-refractivity contribution in [2.45, 2.75) is 25.8 Å². The summed E-state index contributed by atoms with van der Waals surface area (Å²) in [6, 6.07) is 16.0. The molecule has 0 radical (unpaired) electrons. The first-order valence-corrected chi connectivity index (χ1v) is 16.1. The Bertz CT molecular complexity index is 2150. The van der Waals surface area contributed by atoms with Gasteiger partial charge in [-0.1, -0.05) is 41.9 Å². The number of methoxy groups -OCH3 is 1. The maximum atomic E-state index is 12.9. The van der Waals surface area contributed by atoms with Crippen molar-refractivity contribution in [2.24, 2.45) is 24.8 Å². The van der Waals surface area contributed by atoms with Gasteiger partial charge in [0.1, 0.15) is 5.82 Å². The number of halogens is 1. The van der Waals surface area contributed by atoms with Crippen molar-refractivity contribution in [3.05, 3.63) is 93.0 Å². The summed E-state index contributed by atoms with van der Waals surface area (Å²) >= 11 is 7.20. The Morgan fingerprint density at radius 1 is 1.09 bits per heavy atom. The minimum atomic E-state index is -0.667. The van der Waals surface area contributed by atoms with E-state index >= 15 is 0 Å². The molecule has 3 aromatic heterocycles. The van der Waals surface area contributed by atoms with Crippen molar-refractivity contribution in [1.82, 2.24) is 24.6 Å². The number of carboxylic acids is 1. The van der Waals surface area contributed by atoms with E-state index in [1.807, 2.05) is 43.3 Å². The molecule has 8 rings (SSSR count). The first kappa shape index (κ1) is 29.6. The molecule has 1 aliphatic heterocycles. The number of aryl methyl sites for hydroxylation is 2. The van der Waals surface area contributed by atoms with E-state index in [-0.39, 0.29) is 29.4 Å². The third kappa shape index (κ3) is 4.77. The summed E-state index contributed by atoms with van der Waals surface area (Å²) in [5.74, 6) is 0.710. The van der Waals surface area contributed by atoms with Crippen molar-refractivity contribution in [2.75, 3.05) is 25.5 Å². The number of rotatable bonds is 7. The van der Waals surface area contributed by atoms with Crippen LogP contribution in [0.1, 0.15) is 29.2 Å². The highest BCUT2D eigenvalue weighted by Crippen LogP contribution is 2.55. The summed E-state index contributed by atoms with van der Waals surface area (Å²) in [4.78, 5) is 36.3. The number of piperidine rings is 1. The molecule has 11 heteroatoms. The van der Waals surface area contributed by atoms with E-state index in [1.165, 1.54) is 10.2 Å². The molecule has 2 aromatic carbocycles. The van der Waals surface area contributed by atoms with Crippen LogP contribution in [-0.2, 0) is 18.3 Å². The van der Waals surface area contributed by atoms with Gasteiger partial charge in [-0.25, -0.2) is 14.6 Å². The van der Waals surface area contributed by atoms with Crippen LogP contribution in [0.15, 0.2) is 65.7 Å². The van der Waals surface area contributed by atoms with Gasteiger partial charge in [-0.3, -0.25) is 14.5 Å². The number of hydrogen-bond acceptors (Lipinski definition) is 8. The molecule has 2 N–H and O–H groups in total. The van der Waals surface area contributed by atoms with Crippen molar-refractivity contribution < 1.29 is 14.6 Å². The standard InChI is InChI=1S/C36H33ClN6O4/c1-18-21(6-5-9-26(18)40-33-30-20(12-13-38-33)15-39-42(2)35(30)44)22-7-4-8-23(32(22)37)27-14-19-10-11-28(29(19)34(41-27)47-3)43-16-24-25(17-43)31(24)36(45)46/h4-9,12-15,24-25,28,31H,10-11,16-17H2,1-3H3,(H,38,40)(H,45,46). The van der Waals surface area contributed by atoms with Crippen LogP contribution in [0.2, 0.25) is 5.02 Å². The second-order valence-corrected chi connectivity index (χ2v) is 13.1. The van der Waals surface area contributed by atoms with Crippen LogP contribution in [0, 0.1) is 24.7 Å². The number of nitrogens with zero attached hydrogens (tertiary/aromatic N) is 5. The average molecular weight is 649 g/mol. The number of likely N-dealkylation sites (tertiary alicyclic amines) is 1. The predicted octanol–water partition coefficient (Wildman–Crippen LogP) is 6.02. The molecule has 5 aromatic rings. The summed E-state index contributed by atoms with van der Waals surface area (Å²) in [7, 11) is 3.28. The Hall–Kier alpha value is -4.80. The number of anilines is 2. The lowest BCUT2D eigenvalue weighted by molar-refractivity contribution is -0.139. The molecule has 2 aliphatic carbocycles. The van der Waals surface area contributed by atoms with Gasteiger partial charge in [-0.2, -0.15) is 5.10 Å². The van der Waals surface area contributed by atoms with Gasteiger partial charge in [-0.05, 0) is 66.5 Å². The highest BCUT2D eigenvalue weighted by atomic mass is 35.5. The van der Waals surface area contributed by atoms with Gasteiger partial charge in [0, 0.05) is 60.1 Å². The van der Waals surface area contributed by atoms with E-state index in [0.29, 0.717) is 27.5 Å². The smallest absolute Gasteiger partial charge is 0.307 e. The molecule has 47 heavy (non-hydrogen) atoms. The topological polar surface area (TPSA) is 122 Å². The fourth-order valence-electron chi connectivity index (χ4n) is 7.82. The zero-order valence-electron chi connectivity index (χ0n) is 26.2. The number of pyridine rings is 2. The van der Waals surface area contributed by atoms with Gasteiger partial charge in [-0.15, -0.1) is 0 Å². The van der Waals surface area contributed by atoms with Crippen molar-refractivity contribution >= 4 is 39.8 Å². The molecule has 3 unspecified atom stereocenters. The second kappa shape index (κ2) is 11.2. The third-order valence-electron chi connectivity index (χ3n) is 10.3. The Kier molecular flexibility index (Phi) is 7.03. The number of aromatic nitrogens is 4. The van der Waals surface area contributed by atoms with Crippen molar-refractivity contribution in [1.29, 1.82) is 0 Å². The first-order valence-electron chi connectivity index (χ1n) is 15.8. The lowest BCUT2D eigenvalue weighted by Crippen LogP contribution is -2.29. The molecular formula is C36H33ClN6O4. The summed E-state index contributed by atoms with van der Waals surface area (Å²) < 4.78 is 7.18. The van der Waals surface area contributed by atoms with Crippen LogP contribution >= 0.6 is 11.6 Å². The van der Waals surface area contributed by atoms with E-state index in [9.17, 15) is 14.7 Å². The van der Waals surface area contributed by atoms with E-state index in [0.717, 1.165) is 65.1 Å². The molecule has 238 valence electrons. The number of carboxylic acid groups (broad SMARTS) is 1. The predicted molar refractivity (Wildman–Crippen MR) is 180 cm³/mol. The Morgan fingerprint density at radius 2 is 1.83 bits per heavy atom. The van der Waals surface area contributed by atoms with Crippen LogP contribution < -0.4 is 15.6 Å². The van der Waals surface area contributed by atoms with Gasteiger partial charge in [0.05, 0.1) is 35.3 Å². The van der Waals surface area contributed by atoms with Crippen LogP contribution in [0.25, 0.3) is 33.2 Å². The number of nitrogens with one attached hydrogen (secondary N) is 1. The molecular weight excluding hydrogens is 616 g/mol. The monoisotopic (exact) mass is 648 g/mol. The molecule has 2 fully saturated rings. The molecule has 0 spiro atoms. The Morgan fingerprint density at radius 3 is 2.60 bits per heavy atom. The lowest BCUT2D eigenvalue weighted by Gasteiger charge is -2.27. The van der Waals surface area contributed by atoms with E-state index in [2.05, 4.69) is 26.4 Å². The van der Waals surface area contributed by atoms with Gasteiger partial charge in [0.25, 0.3) is 5.56 Å². The second-order valence-electron chi connectivity index (χ2n) is 12.8. The SMILES string of the molecule is COc1nc(-c2cccc(-c3cccc(Nc4nccc5cnn(C)c(=O)c45)c3C)c2Cl)cc2c1C(N1CC3C(C1)C3C(=O)O)CC2. The van der Waals surface area contributed by atoms with Crippen LogP contribution in [-0.4, -0.2) is 55.9 Å². The highest BCUT2D eigenvalue weighted by Gasteiger charge is 2.60. The average Bonchev–Trinajstić information content (AvgIpc) is 3.35. The largest absolute Gasteiger partial charge is 0.481 e.